The van der Waals surface area contributed by atoms with Gasteiger partial charge in [0.15, 0.2) is 5.78 Å². The molecular weight excluding hydrogens is 236 g/mol. The first-order valence-electron chi connectivity index (χ1n) is 6.13. The second-order valence-electron chi connectivity index (χ2n) is 4.29. The molecule has 0 aliphatic heterocycles. The fraction of sp³-hybridized carbons (Fsp3) is 0.118. The molecule has 0 radical (unpaired) electrons. The number of methoxy groups -OCH3 is 1. The van der Waals surface area contributed by atoms with E-state index in [0.29, 0.717) is 5.56 Å². The van der Waals surface area contributed by atoms with E-state index in [1.165, 1.54) is 0 Å². The van der Waals surface area contributed by atoms with Crippen molar-refractivity contribution < 1.29 is 9.53 Å². The summed E-state index contributed by atoms with van der Waals surface area (Å²) in [7, 11) is 1.62. The van der Waals surface area contributed by atoms with Crippen molar-refractivity contribution in [2.45, 2.75) is 6.92 Å². The number of carbonyl (C=O) groups excluding carboxylic acids is 1. The molecule has 0 saturated carbocycles. The predicted molar refractivity (Wildman–Crippen MR) is 77.5 cm³/mol. The molecule has 2 aromatic rings. The molecule has 0 saturated heterocycles. The Hall–Kier alpha value is -2.35. The van der Waals surface area contributed by atoms with Gasteiger partial charge in [-0.25, -0.2) is 0 Å². The number of benzene rings is 2. The van der Waals surface area contributed by atoms with Gasteiger partial charge in [0.05, 0.1) is 7.11 Å². The summed E-state index contributed by atoms with van der Waals surface area (Å²) in [6.45, 7) is 1.93. The number of hydrogen-bond donors (Lipinski definition) is 0. The van der Waals surface area contributed by atoms with E-state index < -0.39 is 0 Å². The Labute approximate surface area is 113 Å². The Morgan fingerprint density at radius 3 is 2.47 bits per heavy atom. The van der Waals surface area contributed by atoms with E-state index in [9.17, 15) is 4.79 Å². The van der Waals surface area contributed by atoms with Gasteiger partial charge in [-0.3, -0.25) is 4.79 Å². The first-order valence-corrected chi connectivity index (χ1v) is 6.13. The van der Waals surface area contributed by atoms with Gasteiger partial charge in [0, 0.05) is 5.56 Å². The highest BCUT2D eigenvalue weighted by Crippen LogP contribution is 2.19. The second kappa shape index (κ2) is 6.01. The van der Waals surface area contributed by atoms with Crippen LogP contribution >= 0.6 is 0 Å². The normalized spacial score (nSPS) is 10.6. The molecule has 0 atom stereocenters. The van der Waals surface area contributed by atoms with Crippen molar-refractivity contribution in [1.29, 1.82) is 0 Å². The highest BCUT2D eigenvalue weighted by Gasteiger charge is 2.05. The summed E-state index contributed by atoms with van der Waals surface area (Å²) in [5.41, 5.74) is 2.65. The summed E-state index contributed by atoms with van der Waals surface area (Å²) in [5.74, 6) is 0.790. The van der Waals surface area contributed by atoms with E-state index in [0.717, 1.165) is 16.9 Å². The molecule has 2 nitrogen and oxygen atoms in total. The Kier molecular flexibility index (Phi) is 4.14. The summed E-state index contributed by atoms with van der Waals surface area (Å²) in [5, 5.41) is 0. The number of rotatable bonds is 4. The third-order valence-electron chi connectivity index (χ3n) is 2.91. The molecule has 0 aliphatic carbocycles. The maximum Gasteiger partial charge on any atom is 0.185 e. The molecule has 0 bridgehead atoms. The lowest BCUT2D eigenvalue weighted by Crippen LogP contribution is -1.96. The van der Waals surface area contributed by atoms with Crippen molar-refractivity contribution in [3.8, 4) is 5.75 Å². The average Bonchev–Trinajstić information content (AvgIpc) is 2.45. The number of hydrogen-bond acceptors (Lipinski definition) is 2. The van der Waals surface area contributed by atoms with E-state index in [1.807, 2.05) is 55.5 Å². The molecule has 0 aliphatic rings. The second-order valence-corrected chi connectivity index (χ2v) is 4.29. The molecule has 96 valence electrons. The summed E-state index contributed by atoms with van der Waals surface area (Å²) in [4.78, 5) is 12.0. The molecule has 0 heterocycles. The van der Waals surface area contributed by atoms with E-state index in [1.54, 1.807) is 19.3 Å². The Morgan fingerprint density at radius 1 is 1.11 bits per heavy atom. The van der Waals surface area contributed by atoms with Crippen LogP contribution in [0.4, 0.5) is 0 Å². The van der Waals surface area contributed by atoms with Crippen LogP contribution in [-0.4, -0.2) is 12.9 Å². The number of allylic oxidation sites excluding steroid dienone is 1. The quantitative estimate of drug-likeness (QED) is 0.609. The lowest BCUT2D eigenvalue weighted by Gasteiger charge is -2.05. The molecule has 0 amide bonds. The molecule has 2 aromatic carbocycles. The van der Waals surface area contributed by atoms with Crippen LogP contribution in [0.15, 0.2) is 54.6 Å². The van der Waals surface area contributed by atoms with E-state index in [2.05, 4.69) is 0 Å². The van der Waals surface area contributed by atoms with Gasteiger partial charge >= 0.3 is 0 Å². The maximum atomic E-state index is 12.0. The SMILES string of the molecule is COc1ccc(C(=O)C=Cc2ccccc2)cc1C. The monoisotopic (exact) mass is 252 g/mol. The summed E-state index contributed by atoms with van der Waals surface area (Å²) < 4.78 is 5.18. The van der Waals surface area contributed by atoms with Gasteiger partial charge in [0.1, 0.15) is 5.75 Å². The standard InChI is InChI=1S/C17H16O2/c1-13-12-15(9-11-17(13)19-2)16(18)10-8-14-6-4-3-5-7-14/h3-12H,1-2H3. The minimum absolute atomic E-state index is 0.00499. The first kappa shape index (κ1) is 13.1. The fourth-order valence-electron chi connectivity index (χ4n) is 1.86. The molecule has 0 spiro atoms. The van der Waals surface area contributed by atoms with Crippen molar-refractivity contribution in [2.75, 3.05) is 7.11 Å². The summed E-state index contributed by atoms with van der Waals surface area (Å²) in [6, 6.07) is 15.2. The van der Waals surface area contributed by atoms with Crippen LogP contribution in [0.5, 0.6) is 5.75 Å². The zero-order valence-electron chi connectivity index (χ0n) is 11.1. The minimum atomic E-state index is -0.00499. The highest BCUT2D eigenvalue weighted by atomic mass is 16.5. The fourth-order valence-corrected chi connectivity index (χ4v) is 1.86. The Balaban J connectivity index is 2.16. The Bertz CT molecular complexity index is 598. The van der Waals surface area contributed by atoms with Gasteiger partial charge in [-0.15, -0.1) is 0 Å². The van der Waals surface area contributed by atoms with Crippen LogP contribution < -0.4 is 4.74 Å². The van der Waals surface area contributed by atoms with Crippen molar-refractivity contribution in [3.05, 3.63) is 71.3 Å². The van der Waals surface area contributed by atoms with E-state index >= 15 is 0 Å². The first-order chi connectivity index (χ1) is 9.20. The molecule has 0 aromatic heterocycles. The highest BCUT2D eigenvalue weighted by molar-refractivity contribution is 6.07. The smallest absolute Gasteiger partial charge is 0.185 e. The van der Waals surface area contributed by atoms with Gasteiger partial charge in [-0.05, 0) is 42.3 Å². The van der Waals surface area contributed by atoms with Crippen molar-refractivity contribution >= 4 is 11.9 Å². The van der Waals surface area contributed by atoms with Crippen LogP contribution in [0.25, 0.3) is 6.08 Å². The number of carbonyl (C=O) groups is 1. The van der Waals surface area contributed by atoms with Crippen molar-refractivity contribution in [2.24, 2.45) is 0 Å². The van der Waals surface area contributed by atoms with E-state index in [4.69, 9.17) is 4.74 Å². The molecule has 0 unspecified atom stereocenters. The zero-order valence-corrected chi connectivity index (χ0v) is 11.1. The molecule has 0 N–H and O–H groups in total. The topological polar surface area (TPSA) is 26.3 Å². The van der Waals surface area contributed by atoms with Crippen LogP contribution in [0.3, 0.4) is 0 Å². The molecular formula is C17H16O2. The molecule has 2 heteroatoms. The predicted octanol–water partition coefficient (Wildman–Crippen LogP) is 3.90. The van der Waals surface area contributed by atoms with Crippen molar-refractivity contribution in [3.63, 3.8) is 0 Å². The van der Waals surface area contributed by atoms with Gasteiger partial charge in [0.25, 0.3) is 0 Å². The zero-order chi connectivity index (χ0) is 13.7. The largest absolute Gasteiger partial charge is 0.496 e. The maximum absolute atomic E-state index is 12.0. The van der Waals surface area contributed by atoms with Crippen LogP contribution in [0.1, 0.15) is 21.5 Å². The van der Waals surface area contributed by atoms with Gasteiger partial charge in [-0.1, -0.05) is 36.4 Å². The van der Waals surface area contributed by atoms with Crippen molar-refractivity contribution in [1.82, 2.24) is 0 Å². The van der Waals surface area contributed by atoms with Gasteiger partial charge in [-0.2, -0.15) is 0 Å². The molecule has 0 fully saturated rings. The van der Waals surface area contributed by atoms with Crippen LogP contribution in [-0.2, 0) is 0 Å². The lowest BCUT2D eigenvalue weighted by atomic mass is 10.1. The van der Waals surface area contributed by atoms with E-state index in [-0.39, 0.29) is 5.78 Å². The number of ether oxygens (including phenoxy) is 1. The average molecular weight is 252 g/mol. The summed E-state index contributed by atoms with van der Waals surface area (Å²) in [6.07, 6.45) is 3.42. The summed E-state index contributed by atoms with van der Waals surface area (Å²) >= 11 is 0. The van der Waals surface area contributed by atoms with Crippen LogP contribution in [0, 0.1) is 6.92 Å². The third kappa shape index (κ3) is 3.32. The molecule has 19 heavy (non-hydrogen) atoms. The minimum Gasteiger partial charge on any atom is -0.496 e. The number of ketones is 1. The van der Waals surface area contributed by atoms with Gasteiger partial charge < -0.3 is 4.74 Å². The van der Waals surface area contributed by atoms with Gasteiger partial charge in [0.2, 0.25) is 0 Å². The Morgan fingerprint density at radius 2 is 1.84 bits per heavy atom. The van der Waals surface area contributed by atoms with Crippen LogP contribution in [0.2, 0.25) is 0 Å². The third-order valence-corrected chi connectivity index (χ3v) is 2.91. The lowest BCUT2D eigenvalue weighted by molar-refractivity contribution is 0.104. The number of aryl methyl sites for hydroxylation is 1. The molecule has 2 rings (SSSR count).